The van der Waals surface area contributed by atoms with Gasteiger partial charge in [-0.05, 0) is 57.8 Å². The fourth-order valence-electron chi connectivity index (χ4n) is 14.1. The third-order valence-electron chi connectivity index (χ3n) is 20.8. The van der Waals surface area contributed by atoms with Gasteiger partial charge in [-0.2, -0.15) is 0 Å². The molecule has 7 unspecified atom stereocenters. The van der Waals surface area contributed by atoms with Crippen molar-refractivity contribution in [3.05, 3.63) is 24.3 Å². The van der Waals surface area contributed by atoms with Gasteiger partial charge in [0.25, 0.3) is 0 Å². The molecule has 0 aromatic rings. The largest absolute Gasteiger partial charge is 0.466 e. The van der Waals surface area contributed by atoms with Gasteiger partial charge in [0.05, 0.1) is 32.0 Å². The molecule has 0 aromatic heterocycles. The molecular weight excluding hydrogens is 1210 g/mol. The number of amides is 1. The number of aliphatic hydroxyl groups excluding tert-OH is 5. The molecule has 6 N–H and O–H groups in total. The van der Waals surface area contributed by atoms with Crippen LogP contribution in [0.4, 0.5) is 0 Å². The first-order valence-corrected chi connectivity index (χ1v) is 43.1. The van der Waals surface area contributed by atoms with Gasteiger partial charge < -0.3 is 45.1 Å². The number of esters is 1. The second-order valence-electron chi connectivity index (χ2n) is 30.2. The van der Waals surface area contributed by atoms with E-state index in [1.54, 1.807) is 6.08 Å². The molecule has 1 heterocycles. The summed E-state index contributed by atoms with van der Waals surface area (Å²) in [5.74, 6) is -0.155. The number of aliphatic hydroxyl groups is 5. The highest BCUT2D eigenvalue weighted by atomic mass is 16.7. The van der Waals surface area contributed by atoms with Gasteiger partial charge in [0.1, 0.15) is 24.4 Å². The number of hydrogen-bond donors (Lipinski definition) is 6. The molecule has 97 heavy (non-hydrogen) atoms. The van der Waals surface area contributed by atoms with Crippen molar-refractivity contribution in [1.82, 2.24) is 5.32 Å². The Bertz CT molecular complexity index is 1660. The lowest BCUT2D eigenvalue weighted by molar-refractivity contribution is -0.302. The molecule has 0 aromatic carbocycles. The number of unbranched alkanes of at least 4 members (excludes halogenated alkanes) is 62. The van der Waals surface area contributed by atoms with Crippen LogP contribution in [0.25, 0.3) is 0 Å². The summed E-state index contributed by atoms with van der Waals surface area (Å²) in [5.41, 5.74) is 0. The number of ether oxygens (including phenoxy) is 3. The summed E-state index contributed by atoms with van der Waals surface area (Å²) in [6.45, 7) is 4.39. The molecule has 1 aliphatic rings. The van der Waals surface area contributed by atoms with Crippen LogP contribution in [-0.2, 0) is 23.8 Å². The lowest BCUT2D eigenvalue weighted by atomic mass is 9.99. The van der Waals surface area contributed by atoms with Crippen molar-refractivity contribution in [2.45, 2.75) is 493 Å². The van der Waals surface area contributed by atoms with Gasteiger partial charge in [0, 0.05) is 12.8 Å². The van der Waals surface area contributed by atoms with E-state index in [9.17, 15) is 35.1 Å². The van der Waals surface area contributed by atoms with E-state index in [0.717, 1.165) is 51.4 Å². The second kappa shape index (κ2) is 75.3. The zero-order valence-corrected chi connectivity index (χ0v) is 64.3. The Morgan fingerprint density at radius 3 is 0.990 bits per heavy atom. The van der Waals surface area contributed by atoms with Crippen LogP contribution < -0.4 is 5.32 Å². The maximum Gasteiger partial charge on any atom is 0.305 e. The summed E-state index contributed by atoms with van der Waals surface area (Å²) in [5, 5.41) is 54.5. The van der Waals surface area contributed by atoms with Crippen LogP contribution in [0.3, 0.4) is 0 Å². The van der Waals surface area contributed by atoms with Gasteiger partial charge in [-0.25, -0.2) is 0 Å². The Hall–Kier alpha value is -1.86. The van der Waals surface area contributed by atoms with E-state index in [2.05, 4.69) is 31.3 Å². The third kappa shape index (κ3) is 63.6. The first-order valence-electron chi connectivity index (χ1n) is 43.1. The minimum atomic E-state index is -1.57. The number of carbonyl (C=O) groups excluding carboxylic acids is 2. The topological polar surface area (TPSA) is 175 Å². The monoisotopic (exact) mass is 1370 g/mol. The molecule has 1 fully saturated rings. The summed E-state index contributed by atoms with van der Waals surface area (Å²) >= 11 is 0. The van der Waals surface area contributed by atoms with Gasteiger partial charge >= 0.3 is 5.97 Å². The van der Waals surface area contributed by atoms with Gasteiger partial charge in [-0.15, -0.1) is 0 Å². The van der Waals surface area contributed by atoms with E-state index in [-0.39, 0.29) is 18.5 Å². The Morgan fingerprint density at radius 1 is 0.371 bits per heavy atom. The quantitative estimate of drug-likeness (QED) is 0.0195. The maximum absolute atomic E-state index is 13.1. The highest BCUT2D eigenvalue weighted by Gasteiger charge is 2.44. The number of hydrogen-bond acceptors (Lipinski definition) is 10. The lowest BCUT2D eigenvalue weighted by Gasteiger charge is -2.40. The van der Waals surface area contributed by atoms with E-state index in [1.165, 1.54) is 372 Å². The molecule has 7 atom stereocenters. The Kier molecular flexibility index (Phi) is 72.3. The van der Waals surface area contributed by atoms with Crippen LogP contribution in [0.15, 0.2) is 24.3 Å². The predicted octanol–water partition coefficient (Wildman–Crippen LogP) is 23.9. The van der Waals surface area contributed by atoms with E-state index in [1.807, 2.05) is 6.08 Å². The molecule has 1 saturated heterocycles. The number of nitrogens with one attached hydrogen (secondary N) is 1. The molecule has 574 valence electrons. The van der Waals surface area contributed by atoms with Gasteiger partial charge in [-0.3, -0.25) is 9.59 Å². The zero-order chi connectivity index (χ0) is 70.1. The van der Waals surface area contributed by atoms with Crippen LogP contribution in [0, 0.1) is 0 Å². The van der Waals surface area contributed by atoms with Crippen molar-refractivity contribution in [1.29, 1.82) is 0 Å². The predicted molar refractivity (Wildman–Crippen MR) is 412 cm³/mol. The molecular formula is C86H165NO10. The third-order valence-corrected chi connectivity index (χ3v) is 20.8. The fourth-order valence-corrected chi connectivity index (χ4v) is 14.1. The highest BCUT2D eigenvalue weighted by Crippen LogP contribution is 2.24. The first kappa shape index (κ1) is 93.2. The molecule has 0 aliphatic carbocycles. The number of rotatable bonds is 78. The van der Waals surface area contributed by atoms with Crippen molar-refractivity contribution >= 4 is 11.9 Å². The van der Waals surface area contributed by atoms with E-state index >= 15 is 0 Å². The molecule has 11 heteroatoms. The minimum Gasteiger partial charge on any atom is -0.466 e. The summed E-state index contributed by atoms with van der Waals surface area (Å²) in [6.07, 6.45) is 88.2. The second-order valence-corrected chi connectivity index (χ2v) is 30.2. The molecule has 0 spiro atoms. The van der Waals surface area contributed by atoms with Crippen LogP contribution in [0.1, 0.15) is 450 Å². The SMILES string of the molecule is CCCCCCCC/C=C\CCCCCCCCCCCC(=O)OCCCCCCCCCCCCCCCCCCCCCCCCCCCCCCCCCCCCCCCCCC(=O)NC(COC1OC(CO)C(O)C(O)C1O)C(O)/C=C/CCCCCCCCCCC. The first-order chi connectivity index (χ1) is 47.7. The Balaban J connectivity index is 1.83. The van der Waals surface area contributed by atoms with Crippen LogP contribution >= 0.6 is 0 Å². The number of allylic oxidation sites excluding steroid dienone is 3. The number of carbonyl (C=O) groups is 2. The van der Waals surface area contributed by atoms with Crippen molar-refractivity contribution in [2.75, 3.05) is 19.8 Å². The highest BCUT2D eigenvalue weighted by molar-refractivity contribution is 5.76. The van der Waals surface area contributed by atoms with Crippen LogP contribution in [-0.4, -0.2) is 100 Å². The average molecular weight is 1370 g/mol. The maximum atomic E-state index is 13.1. The van der Waals surface area contributed by atoms with Crippen LogP contribution in [0.5, 0.6) is 0 Å². The minimum absolute atomic E-state index is 0.0190. The van der Waals surface area contributed by atoms with Gasteiger partial charge in [0.15, 0.2) is 6.29 Å². The van der Waals surface area contributed by atoms with Crippen LogP contribution in [0.2, 0.25) is 0 Å². The van der Waals surface area contributed by atoms with Crippen molar-refractivity contribution in [2.24, 2.45) is 0 Å². The standard InChI is InChI=1S/C86H165NO10/c1-3-5-7-9-11-13-15-16-17-18-40-44-47-50-54-58-62-66-70-74-82(91)95-75-71-67-63-59-55-51-48-45-42-39-37-35-33-31-29-27-25-23-21-19-20-22-24-26-28-30-32-34-36-38-41-43-46-49-53-57-61-65-69-73-81(90)87-78(77-96-86-85(94)84(93)83(92)80(76-88)97-86)79(89)72-68-64-60-56-52-14-12-10-8-6-4-2/h16-17,68,72,78-80,83-86,88-89,92-94H,3-15,18-67,69-71,73-77H2,1-2H3,(H,87,90)/b17-16-,72-68+. The zero-order valence-electron chi connectivity index (χ0n) is 64.3. The van der Waals surface area contributed by atoms with Gasteiger partial charge in [-0.1, -0.05) is 404 Å². The van der Waals surface area contributed by atoms with Crippen molar-refractivity contribution in [3.63, 3.8) is 0 Å². The molecule has 0 radical (unpaired) electrons. The molecule has 0 bridgehead atoms. The summed E-state index contributed by atoms with van der Waals surface area (Å²) < 4.78 is 16.8. The van der Waals surface area contributed by atoms with E-state index in [0.29, 0.717) is 19.4 Å². The van der Waals surface area contributed by atoms with Crippen molar-refractivity contribution < 1.29 is 49.3 Å². The van der Waals surface area contributed by atoms with Crippen molar-refractivity contribution in [3.8, 4) is 0 Å². The summed E-state index contributed by atoms with van der Waals surface area (Å²) in [4.78, 5) is 25.2. The summed E-state index contributed by atoms with van der Waals surface area (Å²) in [6, 6.07) is -0.804. The smallest absolute Gasteiger partial charge is 0.305 e. The normalized spacial score (nSPS) is 17.3. The Labute approximate surface area is 601 Å². The molecule has 1 rings (SSSR count). The molecule has 0 saturated carbocycles. The summed E-state index contributed by atoms with van der Waals surface area (Å²) in [7, 11) is 0. The lowest BCUT2D eigenvalue weighted by Crippen LogP contribution is -2.60. The molecule has 1 amide bonds. The average Bonchev–Trinajstić information content (AvgIpc) is 0.924. The molecule has 11 nitrogen and oxygen atoms in total. The van der Waals surface area contributed by atoms with Gasteiger partial charge in [0.2, 0.25) is 5.91 Å². The van der Waals surface area contributed by atoms with E-state index in [4.69, 9.17) is 14.2 Å². The van der Waals surface area contributed by atoms with E-state index < -0.39 is 49.5 Å². The Morgan fingerprint density at radius 2 is 0.660 bits per heavy atom. The fraction of sp³-hybridized carbons (Fsp3) is 0.930. The molecule has 1 aliphatic heterocycles.